The monoisotopic (exact) mass is 293 g/mol. The van der Waals surface area contributed by atoms with Crippen molar-refractivity contribution in [2.75, 3.05) is 21.3 Å². The first-order valence-corrected chi connectivity index (χ1v) is 6.68. The number of primary amides is 1. The quantitative estimate of drug-likeness (QED) is 0.919. The number of rotatable bonds is 5. The van der Waals surface area contributed by atoms with Crippen LogP contribution >= 0.6 is 11.3 Å². The lowest BCUT2D eigenvalue weighted by molar-refractivity contribution is 0.100. The number of methoxy groups -OCH3 is 3. The predicted molar refractivity (Wildman–Crippen MR) is 77.9 cm³/mol. The van der Waals surface area contributed by atoms with Crippen molar-refractivity contribution in [3.8, 4) is 28.4 Å². The third-order valence-electron chi connectivity index (χ3n) is 2.86. The number of carbonyl (C=O) groups excluding carboxylic acids is 1. The Labute approximate surface area is 120 Å². The van der Waals surface area contributed by atoms with Gasteiger partial charge in [-0.15, -0.1) is 11.3 Å². The maximum Gasteiger partial charge on any atom is 0.258 e. The Bertz CT molecular complexity index is 636. The van der Waals surface area contributed by atoms with Crippen molar-refractivity contribution in [1.82, 2.24) is 0 Å². The highest BCUT2D eigenvalue weighted by atomic mass is 32.1. The maximum atomic E-state index is 11.2. The minimum Gasteiger partial charge on any atom is -0.493 e. The number of carbonyl (C=O) groups is 1. The van der Waals surface area contributed by atoms with Crippen molar-refractivity contribution in [2.45, 2.75) is 0 Å². The molecule has 0 unspecified atom stereocenters. The van der Waals surface area contributed by atoms with E-state index in [9.17, 15) is 4.79 Å². The van der Waals surface area contributed by atoms with Gasteiger partial charge >= 0.3 is 0 Å². The molecule has 106 valence electrons. The van der Waals surface area contributed by atoms with Crippen molar-refractivity contribution < 1.29 is 19.0 Å². The summed E-state index contributed by atoms with van der Waals surface area (Å²) in [6.07, 6.45) is 0. The predicted octanol–water partition coefficient (Wildman–Crippen LogP) is 2.54. The van der Waals surface area contributed by atoms with Crippen LogP contribution in [0, 0.1) is 0 Å². The zero-order valence-electron chi connectivity index (χ0n) is 11.4. The summed E-state index contributed by atoms with van der Waals surface area (Å²) in [7, 11) is 4.67. The van der Waals surface area contributed by atoms with Gasteiger partial charge in [-0.1, -0.05) is 0 Å². The van der Waals surface area contributed by atoms with Crippen LogP contribution in [0.15, 0.2) is 23.6 Å². The van der Waals surface area contributed by atoms with Gasteiger partial charge in [0.05, 0.1) is 26.2 Å². The molecule has 0 aliphatic heterocycles. The van der Waals surface area contributed by atoms with Crippen molar-refractivity contribution in [3.05, 3.63) is 28.5 Å². The van der Waals surface area contributed by atoms with Gasteiger partial charge in [0.1, 0.15) is 0 Å². The molecule has 6 heteroatoms. The van der Waals surface area contributed by atoms with Crippen molar-refractivity contribution in [3.63, 3.8) is 0 Å². The zero-order chi connectivity index (χ0) is 14.7. The molecule has 2 N–H and O–H groups in total. The van der Waals surface area contributed by atoms with Gasteiger partial charge in [0, 0.05) is 5.56 Å². The second kappa shape index (κ2) is 5.83. The van der Waals surface area contributed by atoms with Gasteiger partial charge in [0.2, 0.25) is 5.75 Å². The van der Waals surface area contributed by atoms with E-state index in [1.165, 1.54) is 11.3 Å². The van der Waals surface area contributed by atoms with Crippen LogP contribution in [0.1, 0.15) is 9.67 Å². The Balaban J connectivity index is 2.58. The van der Waals surface area contributed by atoms with Crippen LogP contribution in [0.2, 0.25) is 0 Å². The summed E-state index contributed by atoms with van der Waals surface area (Å²) in [5.74, 6) is 1.21. The normalized spacial score (nSPS) is 10.2. The molecule has 0 spiro atoms. The van der Waals surface area contributed by atoms with Crippen LogP contribution in [-0.2, 0) is 0 Å². The van der Waals surface area contributed by atoms with Crippen LogP contribution < -0.4 is 19.9 Å². The molecule has 0 saturated carbocycles. The molecule has 5 nitrogen and oxygen atoms in total. The van der Waals surface area contributed by atoms with Crippen LogP contribution in [0.25, 0.3) is 11.1 Å². The van der Waals surface area contributed by atoms with Crippen molar-refractivity contribution in [2.24, 2.45) is 5.73 Å². The molecule has 0 bridgehead atoms. The van der Waals surface area contributed by atoms with Crippen LogP contribution in [-0.4, -0.2) is 27.2 Å². The highest BCUT2D eigenvalue weighted by Gasteiger charge is 2.18. The third-order valence-corrected chi connectivity index (χ3v) is 3.80. The van der Waals surface area contributed by atoms with E-state index in [-0.39, 0.29) is 0 Å². The number of hydrogen-bond donors (Lipinski definition) is 1. The zero-order valence-corrected chi connectivity index (χ0v) is 12.2. The van der Waals surface area contributed by atoms with Gasteiger partial charge in [-0.05, 0) is 29.1 Å². The molecular formula is C14H15NO4S. The Morgan fingerprint density at radius 3 is 2.30 bits per heavy atom. The molecule has 0 saturated heterocycles. The van der Waals surface area contributed by atoms with E-state index in [0.717, 1.165) is 11.1 Å². The first kappa shape index (κ1) is 14.2. The van der Waals surface area contributed by atoms with Crippen LogP contribution in [0.5, 0.6) is 17.2 Å². The lowest BCUT2D eigenvalue weighted by Gasteiger charge is -2.15. The number of hydrogen-bond acceptors (Lipinski definition) is 5. The standard InChI is InChI=1S/C14H15NO4S/c1-17-10-5-4-9(12(18-2)13(10)19-3)8-6-11(14(15)16)20-7-8/h4-7H,1-3H3,(H2,15,16). The summed E-state index contributed by atoms with van der Waals surface area (Å²) in [6.45, 7) is 0. The minimum absolute atomic E-state index is 0.444. The van der Waals surface area contributed by atoms with E-state index in [1.807, 2.05) is 11.4 Å². The molecule has 1 aromatic carbocycles. The topological polar surface area (TPSA) is 70.8 Å². The summed E-state index contributed by atoms with van der Waals surface area (Å²) in [6, 6.07) is 5.38. The molecular weight excluding hydrogens is 278 g/mol. The second-order valence-corrected chi connectivity index (χ2v) is 4.86. The Hall–Kier alpha value is -2.21. The Kier molecular flexibility index (Phi) is 4.14. The largest absolute Gasteiger partial charge is 0.493 e. The van der Waals surface area contributed by atoms with Gasteiger partial charge in [-0.25, -0.2) is 0 Å². The van der Waals surface area contributed by atoms with Crippen molar-refractivity contribution >= 4 is 17.2 Å². The summed E-state index contributed by atoms with van der Waals surface area (Å²) >= 11 is 1.29. The average Bonchev–Trinajstić information content (AvgIpc) is 2.95. The fourth-order valence-corrected chi connectivity index (χ4v) is 2.70. The van der Waals surface area contributed by atoms with E-state index >= 15 is 0 Å². The molecule has 0 radical (unpaired) electrons. The number of amides is 1. The maximum absolute atomic E-state index is 11.2. The molecule has 20 heavy (non-hydrogen) atoms. The average molecular weight is 293 g/mol. The van der Waals surface area contributed by atoms with Gasteiger partial charge in [-0.2, -0.15) is 0 Å². The molecule has 0 fully saturated rings. The molecule has 1 aromatic heterocycles. The molecule has 1 amide bonds. The van der Waals surface area contributed by atoms with Gasteiger partial charge < -0.3 is 19.9 Å². The first-order valence-electron chi connectivity index (χ1n) is 5.80. The number of ether oxygens (including phenoxy) is 3. The van der Waals surface area contributed by atoms with Gasteiger partial charge in [0.25, 0.3) is 5.91 Å². The fourth-order valence-electron chi connectivity index (χ4n) is 1.94. The Morgan fingerprint density at radius 2 is 1.80 bits per heavy atom. The van der Waals surface area contributed by atoms with Gasteiger partial charge in [-0.3, -0.25) is 4.79 Å². The van der Waals surface area contributed by atoms with Crippen molar-refractivity contribution in [1.29, 1.82) is 0 Å². The highest BCUT2D eigenvalue weighted by molar-refractivity contribution is 7.12. The molecule has 0 aliphatic carbocycles. The minimum atomic E-state index is -0.444. The lowest BCUT2D eigenvalue weighted by Crippen LogP contribution is -2.08. The lowest BCUT2D eigenvalue weighted by atomic mass is 10.1. The first-order chi connectivity index (χ1) is 9.62. The van der Waals surface area contributed by atoms with E-state index in [4.69, 9.17) is 19.9 Å². The smallest absolute Gasteiger partial charge is 0.258 e. The van der Waals surface area contributed by atoms with E-state index in [0.29, 0.717) is 22.1 Å². The highest BCUT2D eigenvalue weighted by Crippen LogP contribution is 2.44. The van der Waals surface area contributed by atoms with E-state index < -0.39 is 5.91 Å². The molecule has 2 rings (SSSR count). The summed E-state index contributed by atoms with van der Waals surface area (Å²) < 4.78 is 16.0. The van der Waals surface area contributed by atoms with Gasteiger partial charge in [0.15, 0.2) is 11.5 Å². The summed E-state index contributed by atoms with van der Waals surface area (Å²) in [5.41, 5.74) is 6.94. The summed E-state index contributed by atoms with van der Waals surface area (Å²) in [5, 5.41) is 1.85. The number of thiophene rings is 1. The molecule has 2 aromatic rings. The van der Waals surface area contributed by atoms with E-state index in [1.54, 1.807) is 33.5 Å². The summed E-state index contributed by atoms with van der Waals surface area (Å²) in [4.78, 5) is 11.7. The molecule has 1 heterocycles. The molecule has 0 aliphatic rings. The second-order valence-electron chi connectivity index (χ2n) is 3.95. The fraction of sp³-hybridized carbons (Fsp3) is 0.214. The molecule has 0 atom stereocenters. The number of benzene rings is 1. The van der Waals surface area contributed by atoms with E-state index in [2.05, 4.69) is 0 Å². The number of nitrogens with two attached hydrogens (primary N) is 1. The third kappa shape index (κ3) is 2.42. The Morgan fingerprint density at radius 1 is 1.10 bits per heavy atom. The van der Waals surface area contributed by atoms with Crippen LogP contribution in [0.3, 0.4) is 0 Å². The van der Waals surface area contributed by atoms with Crippen LogP contribution in [0.4, 0.5) is 0 Å². The SMILES string of the molecule is COc1ccc(-c2csc(C(N)=O)c2)c(OC)c1OC.